The highest BCUT2D eigenvalue weighted by Gasteiger charge is 2.16. The fourth-order valence-electron chi connectivity index (χ4n) is 8.74. The molecule has 0 saturated carbocycles. The molecule has 0 rings (SSSR count). The lowest BCUT2D eigenvalue weighted by molar-refractivity contribution is -0.161. The van der Waals surface area contributed by atoms with Crippen LogP contribution in [-0.4, -0.2) is 36.4 Å². The molecule has 0 aromatic carbocycles. The van der Waals surface area contributed by atoms with Gasteiger partial charge in [-0.05, 0) is 96.3 Å². The molecule has 0 saturated heterocycles. The molecule has 432 valence electrons. The predicted molar refractivity (Wildman–Crippen MR) is 334 cm³/mol. The Morgan fingerprint density at radius 2 is 0.566 bits per heavy atom. The van der Waals surface area contributed by atoms with Gasteiger partial charge in [0.25, 0.3) is 0 Å². The van der Waals surface area contributed by atoms with E-state index in [-0.39, 0.29) is 25.2 Å². The summed E-state index contributed by atoms with van der Waals surface area (Å²) in [6.45, 7) is 4.03. The number of aliphatic hydroxyl groups excluding tert-OH is 1. The molecular weight excluding hydrogens is 933 g/mol. The van der Waals surface area contributed by atoms with Crippen LogP contribution in [0.1, 0.15) is 284 Å². The summed E-state index contributed by atoms with van der Waals surface area (Å²) in [5, 5.41) is 9.67. The second kappa shape index (κ2) is 65.3. The van der Waals surface area contributed by atoms with E-state index in [1.165, 1.54) is 128 Å². The molecule has 0 aliphatic heterocycles. The van der Waals surface area contributed by atoms with E-state index in [9.17, 15) is 14.7 Å². The monoisotopic (exact) mass is 1050 g/mol. The van der Waals surface area contributed by atoms with Crippen LogP contribution in [0.5, 0.6) is 0 Å². The van der Waals surface area contributed by atoms with Gasteiger partial charge < -0.3 is 14.6 Å². The number of allylic oxidation sites excluding steroid dienone is 22. The molecule has 1 N–H and O–H groups in total. The molecule has 76 heavy (non-hydrogen) atoms. The molecule has 0 aliphatic carbocycles. The fourth-order valence-corrected chi connectivity index (χ4v) is 8.74. The number of unbranched alkanes of at least 4 members (excludes halogenated alkanes) is 27. The summed E-state index contributed by atoms with van der Waals surface area (Å²) in [6, 6.07) is 0. The maximum Gasteiger partial charge on any atom is 0.306 e. The van der Waals surface area contributed by atoms with Crippen molar-refractivity contribution in [2.24, 2.45) is 0 Å². The lowest BCUT2D eigenvalue weighted by atomic mass is 10.0. The zero-order chi connectivity index (χ0) is 54.8. The molecule has 0 amide bonds. The molecule has 1 unspecified atom stereocenters. The van der Waals surface area contributed by atoms with Crippen LogP contribution in [0.4, 0.5) is 0 Å². The Morgan fingerprint density at radius 3 is 0.855 bits per heavy atom. The quantitative estimate of drug-likeness (QED) is 0.0373. The highest BCUT2D eigenvalue weighted by molar-refractivity contribution is 5.70. The molecule has 0 aliphatic rings. The van der Waals surface area contributed by atoms with Crippen LogP contribution in [0.2, 0.25) is 0 Å². The van der Waals surface area contributed by atoms with Crippen LogP contribution in [0, 0.1) is 0 Å². The third-order valence-electron chi connectivity index (χ3n) is 13.5. The molecule has 5 nitrogen and oxygen atoms in total. The minimum absolute atomic E-state index is 0.0780. The number of carbonyl (C=O) groups excluding carboxylic acids is 2. The van der Waals surface area contributed by atoms with E-state index in [0.717, 1.165) is 128 Å². The van der Waals surface area contributed by atoms with Crippen LogP contribution in [-0.2, 0) is 19.1 Å². The van der Waals surface area contributed by atoms with Crippen molar-refractivity contribution in [1.29, 1.82) is 0 Å². The molecule has 0 aromatic heterocycles. The standard InChI is InChI=1S/C71H118O5/c1-3-5-7-9-11-13-15-17-19-21-23-25-27-28-29-30-31-32-33-34-35-36-37-38-39-40-41-42-44-46-48-50-52-54-56-58-60-62-64-66-71(74)76-69(67-72)68-75-70(73)65-63-61-59-57-55-53-51-49-47-45-43-26-24-22-20-18-16-14-12-10-8-6-4-2/h5,7,11,13,17,19,23,25,28-29,31-32,34-35,37-38,40-41,44,46,50,52,69,72H,3-4,6,8-10,12,14-16,18,20-22,24,26-27,30,33,36,39,42-43,45,47-49,51,53-68H2,1-2H3/b7-5-,13-11-,19-17-,25-23-,29-28-,32-31-,35-34-,38-37-,41-40-,46-44-,52-50-. The fraction of sp³-hybridized carbons (Fsp3) is 0.662. The molecule has 0 bridgehead atoms. The summed E-state index contributed by atoms with van der Waals surface area (Å²) >= 11 is 0. The maximum atomic E-state index is 12.3. The van der Waals surface area contributed by atoms with E-state index < -0.39 is 6.10 Å². The van der Waals surface area contributed by atoms with Crippen molar-refractivity contribution in [3.8, 4) is 0 Å². The largest absolute Gasteiger partial charge is 0.462 e. The zero-order valence-corrected chi connectivity index (χ0v) is 49.5. The SMILES string of the molecule is CC/C=C\C/C=C\C/C=C\C/C=C\C/C=C\C/C=C\C/C=C\C/C=C\C/C=C\C/C=C\C/C=C\CCCCCCCC(=O)OC(CO)COC(=O)CCCCCCCCCCCCCCCCCCCCCCCCC. The smallest absolute Gasteiger partial charge is 0.306 e. The third kappa shape index (κ3) is 62.6. The molecule has 0 spiro atoms. The van der Waals surface area contributed by atoms with Gasteiger partial charge in [0.15, 0.2) is 6.10 Å². The highest BCUT2D eigenvalue weighted by Crippen LogP contribution is 2.16. The predicted octanol–water partition coefficient (Wildman–Crippen LogP) is 22.0. The Morgan fingerprint density at radius 1 is 0.316 bits per heavy atom. The summed E-state index contributed by atoms with van der Waals surface area (Å²) in [4.78, 5) is 24.6. The van der Waals surface area contributed by atoms with E-state index in [2.05, 4.69) is 148 Å². The van der Waals surface area contributed by atoms with Gasteiger partial charge in [-0.15, -0.1) is 0 Å². The third-order valence-corrected chi connectivity index (χ3v) is 13.5. The number of esters is 2. The Balaban J connectivity index is 3.60. The summed E-state index contributed by atoms with van der Waals surface area (Å²) in [5.74, 6) is -0.610. The van der Waals surface area contributed by atoms with Crippen molar-refractivity contribution in [3.63, 3.8) is 0 Å². The van der Waals surface area contributed by atoms with Crippen LogP contribution in [0.3, 0.4) is 0 Å². The van der Waals surface area contributed by atoms with Crippen molar-refractivity contribution in [3.05, 3.63) is 134 Å². The average Bonchev–Trinajstić information content (AvgIpc) is 3.42. The first kappa shape index (κ1) is 72.0. The highest BCUT2D eigenvalue weighted by atomic mass is 16.6. The van der Waals surface area contributed by atoms with Crippen molar-refractivity contribution in [2.45, 2.75) is 290 Å². The lowest BCUT2D eigenvalue weighted by Gasteiger charge is -2.15. The van der Waals surface area contributed by atoms with Gasteiger partial charge in [-0.25, -0.2) is 0 Å². The molecule has 5 heteroatoms. The van der Waals surface area contributed by atoms with Gasteiger partial charge in [-0.3, -0.25) is 9.59 Å². The van der Waals surface area contributed by atoms with Gasteiger partial charge in [-0.1, -0.05) is 308 Å². The van der Waals surface area contributed by atoms with Gasteiger partial charge in [0.05, 0.1) is 6.61 Å². The molecule has 0 radical (unpaired) electrons. The molecular formula is C71H118O5. The first-order chi connectivity index (χ1) is 37.6. The number of carbonyl (C=O) groups is 2. The minimum atomic E-state index is -0.791. The van der Waals surface area contributed by atoms with E-state index in [0.29, 0.717) is 12.8 Å². The summed E-state index contributed by atoms with van der Waals surface area (Å²) < 4.78 is 10.7. The summed E-state index contributed by atoms with van der Waals surface area (Å²) in [7, 11) is 0. The van der Waals surface area contributed by atoms with Gasteiger partial charge in [0.2, 0.25) is 0 Å². The molecule has 0 fully saturated rings. The van der Waals surface area contributed by atoms with Gasteiger partial charge >= 0.3 is 11.9 Å². The van der Waals surface area contributed by atoms with Crippen LogP contribution >= 0.6 is 0 Å². The number of aliphatic hydroxyl groups is 1. The molecule has 1 atom stereocenters. The Labute approximate surface area is 470 Å². The van der Waals surface area contributed by atoms with Crippen molar-refractivity contribution < 1.29 is 24.2 Å². The molecule has 0 heterocycles. The first-order valence-corrected chi connectivity index (χ1v) is 31.7. The zero-order valence-electron chi connectivity index (χ0n) is 49.5. The van der Waals surface area contributed by atoms with E-state index in [1.54, 1.807) is 0 Å². The second-order valence-electron chi connectivity index (χ2n) is 20.8. The Bertz CT molecular complexity index is 1570. The van der Waals surface area contributed by atoms with Crippen molar-refractivity contribution in [1.82, 2.24) is 0 Å². The van der Waals surface area contributed by atoms with Gasteiger partial charge in [-0.2, -0.15) is 0 Å². The first-order valence-electron chi connectivity index (χ1n) is 31.7. The maximum absolute atomic E-state index is 12.3. The van der Waals surface area contributed by atoms with Gasteiger partial charge in [0, 0.05) is 12.8 Å². The number of rotatable bonds is 57. The number of ether oxygens (including phenoxy) is 2. The van der Waals surface area contributed by atoms with E-state index in [1.807, 2.05) is 0 Å². The topological polar surface area (TPSA) is 72.8 Å². The Kier molecular flexibility index (Phi) is 61.9. The van der Waals surface area contributed by atoms with Crippen molar-refractivity contribution in [2.75, 3.05) is 13.2 Å². The number of hydrogen-bond donors (Lipinski definition) is 1. The summed E-state index contributed by atoms with van der Waals surface area (Å²) in [5.41, 5.74) is 0. The summed E-state index contributed by atoms with van der Waals surface area (Å²) in [6.07, 6.45) is 97.3. The van der Waals surface area contributed by atoms with Crippen molar-refractivity contribution >= 4 is 11.9 Å². The van der Waals surface area contributed by atoms with E-state index in [4.69, 9.17) is 9.47 Å². The van der Waals surface area contributed by atoms with Crippen LogP contribution in [0.25, 0.3) is 0 Å². The van der Waals surface area contributed by atoms with Crippen LogP contribution in [0.15, 0.2) is 134 Å². The minimum Gasteiger partial charge on any atom is -0.462 e. The van der Waals surface area contributed by atoms with Crippen LogP contribution < -0.4 is 0 Å². The van der Waals surface area contributed by atoms with E-state index >= 15 is 0 Å². The normalized spacial score (nSPS) is 13.1. The lowest BCUT2D eigenvalue weighted by Crippen LogP contribution is -2.28. The second-order valence-corrected chi connectivity index (χ2v) is 20.8. The Hall–Kier alpha value is -3.96. The molecule has 0 aromatic rings. The van der Waals surface area contributed by atoms with Gasteiger partial charge in [0.1, 0.15) is 6.61 Å². The number of hydrogen-bond acceptors (Lipinski definition) is 5. The average molecular weight is 1050 g/mol.